The Labute approximate surface area is 158 Å². The van der Waals surface area contributed by atoms with Crippen LogP contribution in [0.4, 0.5) is 0 Å². The Bertz CT molecular complexity index is 485. The van der Waals surface area contributed by atoms with Crippen molar-refractivity contribution in [2.45, 2.75) is 44.5 Å². The van der Waals surface area contributed by atoms with Gasteiger partial charge in [-0.15, -0.1) is 12.4 Å². The third-order valence-corrected chi connectivity index (χ3v) is 4.24. The number of ether oxygens (including phenoxy) is 2. The van der Waals surface area contributed by atoms with E-state index in [-0.39, 0.29) is 50.3 Å². The van der Waals surface area contributed by atoms with Crippen molar-refractivity contribution in [2.24, 2.45) is 17.4 Å². The summed E-state index contributed by atoms with van der Waals surface area (Å²) in [4.78, 5) is 25.4. The van der Waals surface area contributed by atoms with Gasteiger partial charge >= 0.3 is 5.97 Å². The van der Waals surface area contributed by atoms with Crippen LogP contribution in [0.2, 0.25) is 0 Å². The van der Waals surface area contributed by atoms with Gasteiger partial charge in [0.25, 0.3) is 0 Å². The van der Waals surface area contributed by atoms with Gasteiger partial charge in [0.1, 0.15) is 37.8 Å². The molecule has 0 aromatic heterocycles. The van der Waals surface area contributed by atoms with E-state index in [2.05, 4.69) is 16.0 Å². The fourth-order valence-corrected chi connectivity index (χ4v) is 2.57. The number of aliphatic hydroxyl groups is 1. The Balaban J connectivity index is 0.00000338. The quantitative estimate of drug-likeness (QED) is 0.230. The first-order valence-corrected chi connectivity index (χ1v) is 8.27. The second kappa shape index (κ2) is 10.3. The van der Waals surface area contributed by atoms with Crippen LogP contribution in [0.1, 0.15) is 13.8 Å². The highest BCUT2D eigenvalue weighted by atomic mass is 35.5. The van der Waals surface area contributed by atoms with E-state index in [1.54, 1.807) is 0 Å². The highest BCUT2D eigenvalue weighted by Gasteiger charge is 2.43. The summed E-state index contributed by atoms with van der Waals surface area (Å²) in [7, 11) is 0. The largest absolute Gasteiger partial charge is 0.462 e. The van der Waals surface area contributed by atoms with Crippen molar-refractivity contribution < 1.29 is 24.2 Å². The van der Waals surface area contributed by atoms with Crippen molar-refractivity contribution in [1.82, 2.24) is 20.9 Å². The average molecular weight is 397 g/mol. The number of rotatable bonds is 8. The van der Waals surface area contributed by atoms with Gasteiger partial charge in [0.2, 0.25) is 5.91 Å². The molecular formula is C14H29ClN6O5. The molecule has 12 heteroatoms. The topological polar surface area (TPSA) is 164 Å². The van der Waals surface area contributed by atoms with E-state index in [0.717, 1.165) is 0 Å². The minimum Gasteiger partial charge on any atom is -0.462 e. The predicted molar refractivity (Wildman–Crippen MR) is 94.5 cm³/mol. The Hall–Kier alpha value is -1.05. The summed E-state index contributed by atoms with van der Waals surface area (Å²) in [6, 6.07) is -1.15. The first-order chi connectivity index (χ1) is 11.8. The van der Waals surface area contributed by atoms with Gasteiger partial charge in [-0.2, -0.15) is 0 Å². The van der Waals surface area contributed by atoms with E-state index in [1.165, 1.54) is 0 Å². The van der Waals surface area contributed by atoms with Crippen LogP contribution in [0.3, 0.4) is 0 Å². The molecule has 0 aliphatic carbocycles. The third kappa shape index (κ3) is 5.72. The van der Waals surface area contributed by atoms with Gasteiger partial charge in [-0.25, -0.2) is 0 Å². The molecule has 2 aliphatic heterocycles. The molecule has 8 N–H and O–H groups in total. The summed E-state index contributed by atoms with van der Waals surface area (Å²) < 4.78 is 10.7. The minimum absolute atomic E-state index is 0. The number of esters is 1. The van der Waals surface area contributed by atoms with Gasteiger partial charge in [0.15, 0.2) is 0 Å². The lowest BCUT2D eigenvalue weighted by Gasteiger charge is -2.35. The van der Waals surface area contributed by atoms with E-state index in [4.69, 9.17) is 20.9 Å². The van der Waals surface area contributed by atoms with E-state index >= 15 is 0 Å². The lowest BCUT2D eigenvalue weighted by molar-refractivity contribution is -0.154. The van der Waals surface area contributed by atoms with Crippen LogP contribution in [-0.4, -0.2) is 79.1 Å². The number of carbonyl (C=O) groups excluding carboxylic acids is 2. The van der Waals surface area contributed by atoms with Crippen molar-refractivity contribution in [2.75, 3.05) is 26.6 Å². The molecule has 26 heavy (non-hydrogen) atoms. The van der Waals surface area contributed by atoms with E-state index in [0.29, 0.717) is 6.67 Å². The van der Waals surface area contributed by atoms with E-state index < -0.39 is 30.4 Å². The maximum atomic E-state index is 11.9. The van der Waals surface area contributed by atoms with Crippen LogP contribution in [0.25, 0.3) is 0 Å². The lowest BCUT2D eigenvalue weighted by Crippen LogP contribution is -2.70. The van der Waals surface area contributed by atoms with Crippen LogP contribution >= 0.6 is 12.4 Å². The second-order valence-electron chi connectivity index (χ2n) is 6.53. The summed E-state index contributed by atoms with van der Waals surface area (Å²) in [6.45, 7) is 3.77. The van der Waals surface area contributed by atoms with Crippen molar-refractivity contribution >= 4 is 24.3 Å². The molecule has 2 saturated heterocycles. The summed E-state index contributed by atoms with van der Waals surface area (Å²) >= 11 is 0. The molecule has 5 atom stereocenters. The highest BCUT2D eigenvalue weighted by molar-refractivity contribution is 5.85. The number of fused-ring (bicyclic) bond motifs is 1. The molecular weight excluding hydrogens is 368 g/mol. The van der Waals surface area contributed by atoms with Gasteiger partial charge in [-0.3, -0.25) is 30.9 Å². The molecule has 1 amide bonds. The smallest absolute Gasteiger partial charge is 0.323 e. The number of aliphatic hydroxyl groups excluding tert-OH is 1. The van der Waals surface area contributed by atoms with Crippen molar-refractivity contribution in [3.05, 3.63) is 0 Å². The molecule has 152 valence electrons. The summed E-state index contributed by atoms with van der Waals surface area (Å²) in [5, 5.41) is 18.1. The third-order valence-electron chi connectivity index (χ3n) is 4.24. The van der Waals surface area contributed by atoms with Crippen LogP contribution < -0.4 is 27.4 Å². The van der Waals surface area contributed by atoms with Crippen LogP contribution in [-0.2, 0) is 19.1 Å². The summed E-state index contributed by atoms with van der Waals surface area (Å²) in [5.41, 5.74) is 11.4. The standard InChI is InChI=1S/C14H28N6O5.ClH/c1-7(2)9(15)13(23)24-4-8(3-21)25-6-20-5-17-10-11(20)18-14(16)19-12(10)22;/h7-11,14,17-18,21H,3-6,15-16H2,1-2H3,(H,19,22);1H/t8?,9-,10?,11?,14?;/m0./s1. The molecule has 2 fully saturated rings. The van der Waals surface area contributed by atoms with Crippen LogP contribution in [0.5, 0.6) is 0 Å². The average Bonchev–Trinajstić information content (AvgIpc) is 2.97. The molecule has 0 aromatic rings. The van der Waals surface area contributed by atoms with Crippen molar-refractivity contribution in [3.63, 3.8) is 0 Å². The number of amides is 1. The van der Waals surface area contributed by atoms with E-state index in [1.807, 2.05) is 18.7 Å². The summed E-state index contributed by atoms with van der Waals surface area (Å²) in [6.07, 6.45) is -1.64. The van der Waals surface area contributed by atoms with Gasteiger partial charge in [-0.05, 0) is 5.92 Å². The summed E-state index contributed by atoms with van der Waals surface area (Å²) in [5.74, 6) is -0.757. The predicted octanol–water partition coefficient (Wildman–Crippen LogP) is -3.21. The molecule has 0 saturated carbocycles. The molecule has 0 spiro atoms. The van der Waals surface area contributed by atoms with Crippen LogP contribution in [0, 0.1) is 5.92 Å². The zero-order valence-electron chi connectivity index (χ0n) is 14.9. The maximum Gasteiger partial charge on any atom is 0.323 e. The number of nitrogens with zero attached hydrogens (tertiary/aromatic N) is 1. The fraction of sp³-hybridized carbons (Fsp3) is 0.857. The normalized spacial score (nSPS) is 28.1. The SMILES string of the molecule is CC(C)[C@H](N)C(=O)OCC(CO)OCN1CNC2C(=O)NC(N)NC21.Cl. The molecule has 11 nitrogen and oxygen atoms in total. The Morgan fingerprint density at radius 2 is 2.15 bits per heavy atom. The van der Waals surface area contributed by atoms with Crippen molar-refractivity contribution in [3.8, 4) is 0 Å². The lowest BCUT2D eigenvalue weighted by atomic mass is 10.1. The Morgan fingerprint density at radius 3 is 2.77 bits per heavy atom. The molecule has 0 aromatic carbocycles. The van der Waals surface area contributed by atoms with E-state index in [9.17, 15) is 14.7 Å². The van der Waals surface area contributed by atoms with Gasteiger partial charge < -0.3 is 25.6 Å². The van der Waals surface area contributed by atoms with Gasteiger partial charge in [0, 0.05) is 0 Å². The first-order valence-electron chi connectivity index (χ1n) is 8.27. The zero-order valence-corrected chi connectivity index (χ0v) is 15.7. The zero-order chi connectivity index (χ0) is 18.6. The van der Waals surface area contributed by atoms with Crippen LogP contribution in [0.15, 0.2) is 0 Å². The first kappa shape index (κ1) is 23.0. The molecule has 2 rings (SSSR count). The molecule has 0 radical (unpaired) electrons. The number of hydrogen-bond acceptors (Lipinski definition) is 10. The number of nitrogens with two attached hydrogens (primary N) is 2. The Kier molecular flexibility index (Phi) is 9.13. The number of hydrogen-bond donors (Lipinski definition) is 6. The second-order valence-corrected chi connectivity index (χ2v) is 6.53. The Morgan fingerprint density at radius 1 is 1.46 bits per heavy atom. The molecule has 2 heterocycles. The number of halogens is 1. The molecule has 0 bridgehead atoms. The highest BCUT2D eigenvalue weighted by Crippen LogP contribution is 2.13. The number of nitrogens with one attached hydrogen (secondary N) is 3. The van der Waals surface area contributed by atoms with Crippen molar-refractivity contribution in [1.29, 1.82) is 0 Å². The van der Waals surface area contributed by atoms with Gasteiger partial charge in [-0.1, -0.05) is 13.8 Å². The minimum atomic E-state index is -0.714. The number of carbonyl (C=O) groups is 2. The monoisotopic (exact) mass is 396 g/mol. The fourth-order valence-electron chi connectivity index (χ4n) is 2.57. The van der Waals surface area contributed by atoms with Gasteiger partial charge in [0.05, 0.1) is 19.4 Å². The molecule has 2 aliphatic rings. The maximum absolute atomic E-state index is 11.9. The molecule has 4 unspecified atom stereocenters.